The number of alkyl halides is 1. The summed E-state index contributed by atoms with van der Waals surface area (Å²) >= 11 is 10.9. The van der Waals surface area contributed by atoms with Crippen LogP contribution in [0.25, 0.3) is 0 Å². The Balaban J connectivity index is 3.17. The molecule has 0 saturated heterocycles. The van der Waals surface area contributed by atoms with Gasteiger partial charge in [-0.05, 0) is 5.56 Å². The second-order valence-corrected chi connectivity index (χ2v) is 2.67. The molecule has 0 N–H and O–H groups in total. The minimum absolute atomic E-state index is 0.117. The molecule has 1 aromatic heterocycles. The van der Waals surface area contributed by atoms with Crippen molar-refractivity contribution in [2.75, 3.05) is 0 Å². The highest BCUT2D eigenvalue weighted by molar-refractivity contribution is 6.31. The average molecular weight is 207 g/mol. The number of hydrogen-bond acceptors (Lipinski definition) is 3. The van der Waals surface area contributed by atoms with Crippen molar-refractivity contribution in [1.29, 1.82) is 0 Å². The molecule has 0 aromatic carbocycles. The van der Waals surface area contributed by atoms with E-state index in [1.165, 1.54) is 12.3 Å². The molecule has 0 fully saturated rings. The van der Waals surface area contributed by atoms with Crippen LogP contribution >= 0.6 is 23.2 Å². The third kappa shape index (κ3) is 1.84. The Morgan fingerprint density at radius 3 is 2.83 bits per heavy atom. The van der Waals surface area contributed by atoms with E-state index in [9.17, 15) is 10.1 Å². The summed E-state index contributed by atoms with van der Waals surface area (Å²) in [5, 5.41) is 10.2. The van der Waals surface area contributed by atoms with E-state index >= 15 is 0 Å². The molecule has 0 aliphatic rings. The van der Waals surface area contributed by atoms with E-state index in [0.29, 0.717) is 5.56 Å². The Hall–Kier alpha value is -0.870. The highest BCUT2D eigenvalue weighted by atomic mass is 35.5. The van der Waals surface area contributed by atoms with Gasteiger partial charge in [-0.1, -0.05) is 11.6 Å². The lowest BCUT2D eigenvalue weighted by Crippen LogP contribution is -1.92. The lowest BCUT2D eigenvalue weighted by molar-refractivity contribution is -0.385. The van der Waals surface area contributed by atoms with Crippen LogP contribution in [0.4, 0.5) is 5.69 Å². The largest absolute Gasteiger partial charge is 0.306 e. The summed E-state index contributed by atoms with van der Waals surface area (Å²) in [6, 6.07) is 1.31. The van der Waals surface area contributed by atoms with Crippen LogP contribution in [0.2, 0.25) is 5.15 Å². The molecule has 0 spiro atoms. The lowest BCUT2D eigenvalue weighted by atomic mass is 10.3. The molecule has 12 heavy (non-hydrogen) atoms. The molecule has 0 aliphatic heterocycles. The van der Waals surface area contributed by atoms with Gasteiger partial charge in [-0.2, -0.15) is 0 Å². The molecule has 0 radical (unpaired) electrons. The number of aromatic nitrogens is 1. The number of nitrogens with zero attached hydrogens (tertiary/aromatic N) is 2. The van der Waals surface area contributed by atoms with E-state index in [2.05, 4.69) is 4.98 Å². The highest BCUT2D eigenvalue weighted by Gasteiger charge is 2.13. The lowest BCUT2D eigenvalue weighted by Gasteiger charge is -1.96. The number of hydrogen-bond donors (Lipinski definition) is 0. The Bertz CT molecular complexity index is 316. The normalized spacial score (nSPS) is 9.83. The zero-order valence-electron chi connectivity index (χ0n) is 5.83. The van der Waals surface area contributed by atoms with Gasteiger partial charge in [0.1, 0.15) is 0 Å². The summed E-state index contributed by atoms with van der Waals surface area (Å²) in [6.07, 6.45) is 1.41. The van der Waals surface area contributed by atoms with Crippen LogP contribution < -0.4 is 0 Å². The topological polar surface area (TPSA) is 56.0 Å². The van der Waals surface area contributed by atoms with Crippen LogP contribution in [0.1, 0.15) is 5.56 Å². The first-order valence-electron chi connectivity index (χ1n) is 3.00. The van der Waals surface area contributed by atoms with Crippen molar-refractivity contribution in [2.45, 2.75) is 5.88 Å². The van der Waals surface area contributed by atoms with Gasteiger partial charge in [-0.3, -0.25) is 10.1 Å². The third-order valence-electron chi connectivity index (χ3n) is 1.23. The van der Waals surface area contributed by atoms with Gasteiger partial charge < -0.3 is 0 Å². The Labute approximate surface area is 78.3 Å². The van der Waals surface area contributed by atoms with Gasteiger partial charge in [0.05, 0.1) is 4.92 Å². The zero-order valence-corrected chi connectivity index (χ0v) is 7.34. The second kappa shape index (κ2) is 3.69. The van der Waals surface area contributed by atoms with Crippen molar-refractivity contribution in [1.82, 2.24) is 4.98 Å². The van der Waals surface area contributed by atoms with Gasteiger partial charge in [0.2, 0.25) is 5.15 Å². The molecule has 0 amide bonds. The number of rotatable bonds is 2. The van der Waals surface area contributed by atoms with Crippen LogP contribution in [0.5, 0.6) is 0 Å². The first-order chi connectivity index (χ1) is 5.65. The Kier molecular flexibility index (Phi) is 2.83. The smallest absolute Gasteiger partial charge is 0.258 e. The Morgan fingerprint density at radius 2 is 2.33 bits per heavy atom. The van der Waals surface area contributed by atoms with Crippen LogP contribution in [0.3, 0.4) is 0 Å². The number of nitro groups is 1. The molecule has 0 saturated carbocycles. The summed E-state index contributed by atoms with van der Waals surface area (Å²) in [4.78, 5) is 13.3. The van der Waals surface area contributed by atoms with E-state index in [1.54, 1.807) is 0 Å². The molecular weight excluding hydrogens is 203 g/mol. The van der Waals surface area contributed by atoms with Crippen LogP contribution in [-0.2, 0) is 5.88 Å². The monoisotopic (exact) mass is 206 g/mol. The van der Waals surface area contributed by atoms with Crippen molar-refractivity contribution in [3.63, 3.8) is 0 Å². The molecule has 1 rings (SSSR count). The molecule has 64 valence electrons. The van der Waals surface area contributed by atoms with Crippen LogP contribution in [0, 0.1) is 10.1 Å². The van der Waals surface area contributed by atoms with E-state index in [0.717, 1.165) is 0 Å². The SMILES string of the molecule is O=[N+]([O-])c1cc(CCl)cnc1Cl. The fraction of sp³-hybridized carbons (Fsp3) is 0.167. The van der Waals surface area contributed by atoms with Crippen molar-refractivity contribution in [3.05, 3.63) is 33.1 Å². The fourth-order valence-corrected chi connectivity index (χ4v) is 0.998. The van der Waals surface area contributed by atoms with Crippen molar-refractivity contribution >= 4 is 28.9 Å². The average Bonchev–Trinajstić information content (AvgIpc) is 2.05. The highest BCUT2D eigenvalue weighted by Crippen LogP contribution is 2.22. The van der Waals surface area contributed by atoms with Crippen LogP contribution in [0.15, 0.2) is 12.3 Å². The fourth-order valence-electron chi connectivity index (χ4n) is 0.679. The van der Waals surface area contributed by atoms with Gasteiger partial charge in [-0.25, -0.2) is 4.98 Å². The van der Waals surface area contributed by atoms with Crippen molar-refractivity contribution in [3.8, 4) is 0 Å². The van der Waals surface area contributed by atoms with E-state index in [4.69, 9.17) is 23.2 Å². The Morgan fingerprint density at radius 1 is 1.67 bits per heavy atom. The molecule has 0 atom stereocenters. The van der Waals surface area contributed by atoms with Gasteiger partial charge >= 0.3 is 5.69 Å². The molecule has 0 aliphatic carbocycles. The van der Waals surface area contributed by atoms with Crippen LogP contribution in [-0.4, -0.2) is 9.91 Å². The van der Waals surface area contributed by atoms with E-state index < -0.39 is 4.92 Å². The first-order valence-corrected chi connectivity index (χ1v) is 3.91. The first kappa shape index (κ1) is 9.22. The molecule has 0 unspecified atom stereocenters. The number of halogens is 2. The minimum Gasteiger partial charge on any atom is -0.258 e. The van der Waals surface area contributed by atoms with Gasteiger partial charge in [0, 0.05) is 18.1 Å². The van der Waals surface area contributed by atoms with Gasteiger partial charge in [-0.15, -0.1) is 11.6 Å². The molecular formula is C6H4Cl2N2O2. The zero-order chi connectivity index (χ0) is 9.14. The summed E-state index contributed by atoms with van der Waals surface area (Å²) in [6.45, 7) is 0. The summed E-state index contributed by atoms with van der Waals surface area (Å²) in [7, 11) is 0. The standard InChI is InChI=1S/C6H4Cl2N2O2/c7-2-4-1-5(10(11)12)6(8)9-3-4/h1,3H,2H2. The van der Waals surface area contributed by atoms with E-state index in [-0.39, 0.29) is 16.7 Å². The van der Waals surface area contributed by atoms with Crippen molar-refractivity contribution < 1.29 is 4.92 Å². The number of pyridine rings is 1. The summed E-state index contributed by atoms with van der Waals surface area (Å²) < 4.78 is 0. The second-order valence-electron chi connectivity index (χ2n) is 2.04. The third-order valence-corrected chi connectivity index (χ3v) is 1.83. The predicted octanol–water partition coefficient (Wildman–Crippen LogP) is 2.38. The maximum atomic E-state index is 10.3. The minimum atomic E-state index is -0.592. The summed E-state index contributed by atoms with van der Waals surface area (Å²) in [5.41, 5.74) is 0.364. The van der Waals surface area contributed by atoms with Crippen molar-refractivity contribution in [2.24, 2.45) is 0 Å². The molecule has 0 bridgehead atoms. The molecule has 1 heterocycles. The van der Waals surface area contributed by atoms with Gasteiger partial charge in [0.25, 0.3) is 0 Å². The quantitative estimate of drug-likeness (QED) is 0.323. The molecule has 1 aromatic rings. The maximum absolute atomic E-state index is 10.3. The molecule has 4 nitrogen and oxygen atoms in total. The van der Waals surface area contributed by atoms with Gasteiger partial charge in [0.15, 0.2) is 0 Å². The predicted molar refractivity (Wildman–Crippen MR) is 45.5 cm³/mol. The molecule has 6 heteroatoms. The maximum Gasteiger partial charge on any atom is 0.306 e. The van der Waals surface area contributed by atoms with E-state index in [1.807, 2.05) is 0 Å². The summed E-state index contributed by atoms with van der Waals surface area (Å²) in [5.74, 6) is 0.186.